The summed E-state index contributed by atoms with van der Waals surface area (Å²) in [5.41, 5.74) is 1.95. The molecule has 0 aliphatic heterocycles. The highest BCUT2D eigenvalue weighted by Crippen LogP contribution is 2.24. The van der Waals surface area contributed by atoms with Crippen LogP contribution in [0.2, 0.25) is 5.02 Å². The van der Waals surface area contributed by atoms with Gasteiger partial charge in [0.1, 0.15) is 0 Å². The molecular formula is C11H9ClN4S. The molecule has 1 N–H and O–H groups in total. The average Bonchev–Trinajstić information content (AvgIpc) is 2.87. The zero-order valence-corrected chi connectivity index (χ0v) is 10.6. The van der Waals surface area contributed by atoms with Crippen LogP contribution in [0.15, 0.2) is 30.5 Å². The summed E-state index contributed by atoms with van der Waals surface area (Å²) in [6, 6.07) is 7.62. The lowest BCUT2D eigenvalue weighted by molar-refractivity contribution is 0.975. The summed E-state index contributed by atoms with van der Waals surface area (Å²) in [6.45, 7) is 0. The van der Waals surface area contributed by atoms with E-state index in [9.17, 15) is 0 Å². The van der Waals surface area contributed by atoms with E-state index < -0.39 is 0 Å². The topological polar surface area (TPSA) is 42.2 Å². The highest BCUT2D eigenvalue weighted by atomic mass is 35.5. The van der Waals surface area contributed by atoms with Gasteiger partial charge in [-0.05, 0) is 12.1 Å². The van der Waals surface area contributed by atoms with Gasteiger partial charge in [0.2, 0.25) is 10.1 Å². The summed E-state index contributed by atoms with van der Waals surface area (Å²) in [4.78, 5) is 5.39. The number of rotatable bonds is 2. The Balaban J connectivity index is 2.06. The molecule has 0 amide bonds. The molecule has 1 aromatic carbocycles. The molecule has 3 aromatic rings. The number of hydrogen-bond donors (Lipinski definition) is 1. The maximum absolute atomic E-state index is 5.85. The second-order valence-electron chi connectivity index (χ2n) is 3.52. The van der Waals surface area contributed by atoms with E-state index in [-0.39, 0.29) is 0 Å². The number of benzene rings is 1. The van der Waals surface area contributed by atoms with Crippen LogP contribution in [0.5, 0.6) is 0 Å². The molecule has 0 saturated heterocycles. The van der Waals surface area contributed by atoms with Crippen LogP contribution in [0.1, 0.15) is 0 Å². The quantitative estimate of drug-likeness (QED) is 0.773. The molecule has 86 valence electrons. The van der Waals surface area contributed by atoms with E-state index in [2.05, 4.69) is 15.4 Å². The van der Waals surface area contributed by atoms with E-state index >= 15 is 0 Å². The first kappa shape index (κ1) is 10.6. The van der Waals surface area contributed by atoms with Gasteiger partial charge in [0.15, 0.2) is 0 Å². The largest absolute Gasteiger partial charge is 0.363 e. The molecule has 3 rings (SSSR count). The van der Waals surface area contributed by atoms with E-state index in [1.807, 2.05) is 37.5 Å². The maximum atomic E-state index is 5.85. The Labute approximate surface area is 107 Å². The SMILES string of the molecule is CNc1nn2cc(-c3ccc(Cl)cc3)nc2s1. The molecule has 2 heterocycles. The summed E-state index contributed by atoms with van der Waals surface area (Å²) in [7, 11) is 1.85. The van der Waals surface area contributed by atoms with Gasteiger partial charge in [0.05, 0.1) is 11.9 Å². The van der Waals surface area contributed by atoms with Crippen LogP contribution in [0.25, 0.3) is 16.2 Å². The van der Waals surface area contributed by atoms with Crippen molar-refractivity contribution < 1.29 is 0 Å². The van der Waals surface area contributed by atoms with Crippen LogP contribution in [0, 0.1) is 0 Å². The van der Waals surface area contributed by atoms with Gasteiger partial charge in [-0.15, -0.1) is 5.10 Å². The summed E-state index contributed by atoms with van der Waals surface area (Å²) in [6.07, 6.45) is 1.91. The Morgan fingerprint density at radius 1 is 1.29 bits per heavy atom. The van der Waals surface area contributed by atoms with Gasteiger partial charge in [-0.25, -0.2) is 9.50 Å². The molecule has 0 spiro atoms. The van der Waals surface area contributed by atoms with Crippen LogP contribution >= 0.6 is 22.9 Å². The van der Waals surface area contributed by atoms with E-state index in [0.717, 1.165) is 26.4 Å². The average molecular weight is 265 g/mol. The van der Waals surface area contributed by atoms with Gasteiger partial charge in [-0.1, -0.05) is 35.1 Å². The van der Waals surface area contributed by atoms with Gasteiger partial charge in [0, 0.05) is 17.6 Å². The van der Waals surface area contributed by atoms with Crippen molar-refractivity contribution in [1.29, 1.82) is 0 Å². The summed E-state index contributed by atoms with van der Waals surface area (Å²) < 4.78 is 1.78. The molecule has 0 aliphatic rings. The lowest BCUT2D eigenvalue weighted by atomic mass is 10.2. The fourth-order valence-electron chi connectivity index (χ4n) is 1.56. The second kappa shape index (κ2) is 4.01. The Hall–Kier alpha value is -1.59. The minimum Gasteiger partial charge on any atom is -0.363 e. The van der Waals surface area contributed by atoms with Crippen molar-refractivity contribution in [2.75, 3.05) is 12.4 Å². The minimum atomic E-state index is 0.727. The van der Waals surface area contributed by atoms with Crippen molar-refractivity contribution in [2.24, 2.45) is 0 Å². The van der Waals surface area contributed by atoms with Crippen LogP contribution in [-0.4, -0.2) is 21.6 Å². The van der Waals surface area contributed by atoms with Crippen LogP contribution in [0.4, 0.5) is 5.13 Å². The molecule has 17 heavy (non-hydrogen) atoms. The monoisotopic (exact) mass is 264 g/mol. The Morgan fingerprint density at radius 3 is 2.71 bits per heavy atom. The van der Waals surface area contributed by atoms with E-state index in [1.165, 1.54) is 11.3 Å². The number of imidazole rings is 1. The normalized spacial score (nSPS) is 10.9. The van der Waals surface area contributed by atoms with Gasteiger partial charge in [-0.2, -0.15) is 0 Å². The number of fused-ring (bicyclic) bond motifs is 1. The molecular weight excluding hydrogens is 256 g/mol. The van der Waals surface area contributed by atoms with Crippen LogP contribution in [0.3, 0.4) is 0 Å². The zero-order chi connectivity index (χ0) is 11.8. The van der Waals surface area contributed by atoms with Gasteiger partial charge in [0.25, 0.3) is 0 Å². The van der Waals surface area contributed by atoms with Crippen molar-refractivity contribution in [3.05, 3.63) is 35.5 Å². The summed E-state index contributed by atoms with van der Waals surface area (Å²) >= 11 is 7.37. The van der Waals surface area contributed by atoms with Crippen molar-refractivity contribution >= 4 is 33.0 Å². The number of anilines is 1. The molecule has 0 atom stereocenters. The van der Waals surface area contributed by atoms with E-state index in [1.54, 1.807) is 4.52 Å². The third kappa shape index (κ3) is 1.87. The first-order valence-corrected chi connectivity index (χ1v) is 6.25. The fourth-order valence-corrected chi connectivity index (χ4v) is 2.42. The molecule has 6 heteroatoms. The summed E-state index contributed by atoms with van der Waals surface area (Å²) in [5, 5.41) is 8.91. The Bertz CT molecular complexity index is 624. The number of aromatic nitrogens is 3. The van der Waals surface area contributed by atoms with Crippen molar-refractivity contribution in [3.8, 4) is 11.3 Å². The van der Waals surface area contributed by atoms with Crippen LogP contribution in [-0.2, 0) is 0 Å². The Morgan fingerprint density at radius 2 is 2.06 bits per heavy atom. The first-order valence-electron chi connectivity index (χ1n) is 5.06. The van der Waals surface area contributed by atoms with Crippen molar-refractivity contribution in [1.82, 2.24) is 14.6 Å². The smallest absolute Gasteiger partial charge is 0.214 e. The predicted octanol–water partition coefficient (Wildman–Crippen LogP) is 3.15. The molecule has 2 aromatic heterocycles. The highest BCUT2D eigenvalue weighted by molar-refractivity contribution is 7.20. The summed E-state index contributed by atoms with van der Waals surface area (Å²) in [5.74, 6) is 0. The lowest BCUT2D eigenvalue weighted by Gasteiger charge is -1.95. The van der Waals surface area contributed by atoms with Crippen molar-refractivity contribution in [2.45, 2.75) is 0 Å². The van der Waals surface area contributed by atoms with Crippen molar-refractivity contribution in [3.63, 3.8) is 0 Å². The molecule has 0 fully saturated rings. The molecule has 0 saturated carbocycles. The second-order valence-corrected chi connectivity index (χ2v) is 4.91. The number of hydrogen-bond acceptors (Lipinski definition) is 4. The van der Waals surface area contributed by atoms with E-state index in [4.69, 9.17) is 11.6 Å². The third-order valence-corrected chi connectivity index (χ3v) is 3.59. The first-order chi connectivity index (χ1) is 8.26. The molecule has 4 nitrogen and oxygen atoms in total. The number of nitrogens with zero attached hydrogens (tertiary/aromatic N) is 3. The van der Waals surface area contributed by atoms with Gasteiger partial charge in [-0.3, -0.25) is 0 Å². The van der Waals surface area contributed by atoms with Gasteiger partial charge >= 0.3 is 0 Å². The standard InChI is InChI=1S/C11H9ClN4S/c1-13-10-15-16-6-9(14-11(16)17-10)7-2-4-8(12)5-3-7/h2-6H,1H3,(H,13,15). The molecule has 0 aliphatic carbocycles. The highest BCUT2D eigenvalue weighted by Gasteiger charge is 2.08. The lowest BCUT2D eigenvalue weighted by Crippen LogP contribution is -1.88. The van der Waals surface area contributed by atoms with Crippen LogP contribution < -0.4 is 5.32 Å². The third-order valence-electron chi connectivity index (χ3n) is 2.40. The minimum absolute atomic E-state index is 0.727. The molecule has 0 radical (unpaired) electrons. The zero-order valence-electron chi connectivity index (χ0n) is 9.01. The predicted molar refractivity (Wildman–Crippen MR) is 70.9 cm³/mol. The molecule has 0 unspecified atom stereocenters. The number of halogens is 1. The van der Waals surface area contributed by atoms with E-state index in [0.29, 0.717) is 0 Å². The fraction of sp³-hybridized carbons (Fsp3) is 0.0909. The maximum Gasteiger partial charge on any atom is 0.214 e. The number of nitrogens with one attached hydrogen (secondary N) is 1. The Kier molecular flexibility index (Phi) is 2.49. The molecule has 0 bridgehead atoms. The van der Waals surface area contributed by atoms with Gasteiger partial charge < -0.3 is 5.32 Å².